The van der Waals surface area contributed by atoms with Gasteiger partial charge in [0.2, 0.25) is 0 Å². The summed E-state index contributed by atoms with van der Waals surface area (Å²) >= 11 is 0. The molecule has 1 aromatic carbocycles. The first kappa shape index (κ1) is 18.7. The summed E-state index contributed by atoms with van der Waals surface area (Å²) in [6.45, 7) is 0.945. The number of imidazole rings is 1. The molecule has 0 bridgehead atoms. The van der Waals surface area contributed by atoms with Gasteiger partial charge in [-0.15, -0.1) is 0 Å². The summed E-state index contributed by atoms with van der Waals surface area (Å²) in [5.74, 6) is 1.67. The average Bonchev–Trinajstić information content (AvgIpc) is 3.24. The lowest BCUT2D eigenvalue weighted by molar-refractivity contribution is 0.158. The number of pyridine rings is 1. The number of nitrogens with one attached hydrogen (secondary N) is 1. The van der Waals surface area contributed by atoms with Gasteiger partial charge in [-0.05, 0) is 55.6 Å². The maximum absolute atomic E-state index is 12.0. The van der Waals surface area contributed by atoms with Crippen molar-refractivity contribution in [3.05, 3.63) is 77.4 Å². The highest BCUT2D eigenvalue weighted by atomic mass is 16.1. The lowest BCUT2D eigenvalue weighted by Gasteiger charge is -2.37. The van der Waals surface area contributed by atoms with E-state index in [-0.39, 0.29) is 5.56 Å². The van der Waals surface area contributed by atoms with E-state index in [2.05, 4.69) is 54.8 Å². The van der Waals surface area contributed by atoms with Crippen molar-refractivity contribution < 1.29 is 0 Å². The SMILES string of the molecule is O=c1[nH]cnc2c(-c3cn(CCCC4CCC4Cc4ccccc4)cn3)nccc12. The van der Waals surface area contributed by atoms with Gasteiger partial charge in [-0.3, -0.25) is 9.78 Å². The molecule has 3 aromatic heterocycles. The smallest absolute Gasteiger partial charge is 0.258 e. The van der Waals surface area contributed by atoms with E-state index in [1.807, 2.05) is 12.5 Å². The van der Waals surface area contributed by atoms with Crippen LogP contribution in [0.4, 0.5) is 0 Å². The van der Waals surface area contributed by atoms with Crippen molar-refractivity contribution in [1.82, 2.24) is 24.5 Å². The molecule has 0 aliphatic heterocycles. The van der Waals surface area contributed by atoms with Crippen molar-refractivity contribution in [1.29, 1.82) is 0 Å². The molecule has 152 valence electrons. The molecule has 1 aliphatic rings. The summed E-state index contributed by atoms with van der Waals surface area (Å²) in [5, 5.41) is 0.534. The highest BCUT2D eigenvalue weighted by Gasteiger charge is 2.30. The molecule has 6 nitrogen and oxygen atoms in total. The van der Waals surface area contributed by atoms with Crippen LogP contribution < -0.4 is 5.56 Å². The second-order valence-corrected chi connectivity index (χ2v) is 8.21. The van der Waals surface area contributed by atoms with E-state index in [1.54, 1.807) is 12.3 Å². The van der Waals surface area contributed by atoms with E-state index in [9.17, 15) is 4.79 Å². The molecule has 2 unspecified atom stereocenters. The van der Waals surface area contributed by atoms with Gasteiger partial charge in [0.25, 0.3) is 5.56 Å². The molecule has 30 heavy (non-hydrogen) atoms. The number of benzene rings is 1. The van der Waals surface area contributed by atoms with Crippen molar-refractivity contribution in [2.45, 2.75) is 38.6 Å². The van der Waals surface area contributed by atoms with Crippen LogP contribution in [0.25, 0.3) is 22.3 Å². The van der Waals surface area contributed by atoms with Crippen LogP contribution in [-0.2, 0) is 13.0 Å². The van der Waals surface area contributed by atoms with Crippen molar-refractivity contribution in [2.24, 2.45) is 11.8 Å². The Labute approximate surface area is 175 Å². The minimum absolute atomic E-state index is 0.159. The molecule has 0 amide bonds. The Morgan fingerprint density at radius 1 is 1.03 bits per heavy atom. The Balaban J connectivity index is 1.20. The number of aryl methyl sites for hydroxylation is 1. The monoisotopic (exact) mass is 399 g/mol. The minimum atomic E-state index is -0.159. The number of aromatic nitrogens is 5. The number of H-pyrrole nitrogens is 1. The van der Waals surface area contributed by atoms with Crippen LogP contribution in [-0.4, -0.2) is 24.5 Å². The maximum atomic E-state index is 12.0. The first-order chi connectivity index (χ1) is 14.8. The van der Waals surface area contributed by atoms with Crippen LogP contribution in [0.15, 0.2) is 66.2 Å². The molecule has 1 aliphatic carbocycles. The number of aromatic amines is 1. The molecule has 2 atom stereocenters. The van der Waals surface area contributed by atoms with Gasteiger partial charge in [0, 0.05) is 18.9 Å². The van der Waals surface area contributed by atoms with E-state index in [0.29, 0.717) is 16.6 Å². The molecule has 1 fully saturated rings. The first-order valence-corrected chi connectivity index (χ1v) is 10.7. The predicted molar refractivity (Wildman–Crippen MR) is 117 cm³/mol. The fraction of sp³-hybridized carbons (Fsp3) is 0.333. The Morgan fingerprint density at radius 3 is 2.73 bits per heavy atom. The van der Waals surface area contributed by atoms with Gasteiger partial charge in [-0.25, -0.2) is 9.97 Å². The summed E-state index contributed by atoms with van der Waals surface area (Å²) in [5.41, 5.74) is 3.29. The predicted octanol–water partition coefficient (Wildman–Crippen LogP) is 4.23. The molecule has 0 spiro atoms. The molecule has 3 heterocycles. The third-order valence-electron chi connectivity index (χ3n) is 6.34. The van der Waals surface area contributed by atoms with Crippen molar-refractivity contribution in [3.63, 3.8) is 0 Å². The zero-order valence-corrected chi connectivity index (χ0v) is 16.9. The van der Waals surface area contributed by atoms with Gasteiger partial charge in [-0.2, -0.15) is 0 Å². The van der Waals surface area contributed by atoms with Crippen LogP contribution in [0, 0.1) is 11.8 Å². The third kappa shape index (κ3) is 3.77. The fourth-order valence-corrected chi connectivity index (χ4v) is 4.53. The number of hydrogen-bond donors (Lipinski definition) is 1. The first-order valence-electron chi connectivity index (χ1n) is 10.7. The summed E-state index contributed by atoms with van der Waals surface area (Å²) in [7, 11) is 0. The zero-order valence-electron chi connectivity index (χ0n) is 16.9. The van der Waals surface area contributed by atoms with Crippen molar-refractivity contribution in [2.75, 3.05) is 0 Å². The normalized spacial score (nSPS) is 18.4. The van der Waals surface area contributed by atoms with Gasteiger partial charge in [0.05, 0.1) is 18.0 Å². The average molecular weight is 399 g/mol. The summed E-state index contributed by atoms with van der Waals surface area (Å²) in [6.07, 6.45) is 13.2. The van der Waals surface area contributed by atoms with Crippen molar-refractivity contribution in [3.8, 4) is 11.4 Å². The molecule has 0 saturated heterocycles. The summed E-state index contributed by atoms with van der Waals surface area (Å²) in [6, 6.07) is 12.5. The second kappa shape index (κ2) is 8.22. The van der Waals surface area contributed by atoms with Crippen LogP contribution in [0.3, 0.4) is 0 Å². The molecule has 4 aromatic rings. The maximum Gasteiger partial charge on any atom is 0.258 e. The Kier molecular flexibility index (Phi) is 5.13. The van der Waals surface area contributed by atoms with Gasteiger partial charge in [0.15, 0.2) is 0 Å². The minimum Gasteiger partial charge on any atom is -0.337 e. The van der Waals surface area contributed by atoms with Gasteiger partial charge in [-0.1, -0.05) is 30.3 Å². The Morgan fingerprint density at radius 2 is 1.90 bits per heavy atom. The number of nitrogens with zero attached hydrogens (tertiary/aromatic N) is 4. The molecular weight excluding hydrogens is 374 g/mol. The van der Waals surface area contributed by atoms with Crippen LogP contribution >= 0.6 is 0 Å². The molecular formula is C24H25N5O. The highest BCUT2D eigenvalue weighted by molar-refractivity contribution is 5.89. The highest BCUT2D eigenvalue weighted by Crippen LogP contribution is 2.39. The van der Waals surface area contributed by atoms with E-state index < -0.39 is 0 Å². The molecule has 1 saturated carbocycles. The molecule has 6 heteroatoms. The van der Waals surface area contributed by atoms with E-state index in [0.717, 1.165) is 30.5 Å². The third-order valence-corrected chi connectivity index (χ3v) is 6.34. The van der Waals surface area contributed by atoms with E-state index >= 15 is 0 Å². The molecule has 0 radical (unpaired) electrons. The van der Waals surface area contributed by atoms with Gasteiger partial charge < -0.3 is 9.55 Å². The number of hydrogen-bond acceptors (Lipinski definition) is 4. The summed E-state index contributed by atoms with van der Waals surface area (Å²) < 4.78 is 2.12. The topological polar surface area (TPSA) is 76.5 Å². The quantitative estimate of drug-likeness (QED) is 0.504. The van der Waals surface area contributed by atoms with Gasteiger partial charge >= 0.3 is 0 Å². The zero-order chi connectivity index (χ0) is 20.3. The summed E-state index contributed by atoms with van der Waals surface area (Å²) in [4.78, 5) is 27.9. The van der Waals surface area contributed by atoms with Crippen molar-refractivity contribution >= 4 is 10.9 Å². The molecule has 1 N–H and O–H groups in total. The Hall–Kier alpha value is -3.28. The lowest BCUT2D eigenvalue weighted by atomic mass is 9.69. The van der Waals surface area contributed by atoms with Crippen LogP contribution in [0.5, 0.6) is 0 Å². The van der Waals surface area contributed by atoms with E-state index in [1.165, 1.54) is 37.6 Å². The van der Waals surface area contributed by atoms with Crippen LogP contribution in [0.2, 0.25) is 0 Å². The standard InChI is InChI=1S/C24H25N5O/c30-24-20-10-11-25-23(22(20)26-15-27-24)21-14-29(16-28-21)12-4-7-18-8-9-19(18)13-17-5-2-1-3-6-17/h1-3,5-6,10-11,14-16,18-19H,4,7-9,12-13H2,(H,26,27,30). The largest absolute Gasteiger partial charge is 0.337 e. The Bertz CT molecular complexity index is 1200. The number of fused-ring (bicyclic) bond motifs is 1. The molecule has 5 rings (SSSR count). The van der Waals surface area contributed by atoms with Gasteiger partial charge in [0.1, 0.15) is 16.9 Å². The fourth-order valence-electron chi connectivity index (χ4n) is 4.53. The van der Waals surface area contributed by atoms with E-state index in [4.69, 9.17) is 0 Å². The lowest BCUT2D eigenvalue weighted by Crippen LogP contribution is -2.27. The second-order valence-electron chi connectivity index (χ2n) is 8.21. The number of rotatable bonds is 7. The van der Waals surface area contributed by atoms with Crippen LogP contribution in [0.1, 0.15) is 31.2 Å².